The zero-order chi connectivity index (χ0) is 23.6. The molecule has 0 aliphatic heterocycles. The molecule has 4 rings (SSSR count). The SMILES string of the molecule is CP(OS(=O)(=O)c1cccc([N+](=O)[O-])c1)(c1ccccc1)(c1ccccc1)c1ccccc1. The Labute approximate surface area is 192 Å². The molecule has 0 heterocycles. The molecule has 0 spiro atoms. The maximum absolute atomic E-state index is 13.7. The molecule has 168 valence electrons. The van der Waals surface area contributed by atoms with E-state index in [1.165, 1.54) is 18.2 Å². The van der Waals surface area contributed by atoms with Crippen LogP contribution < -0.4 is 15.9 Å². The molecule has 0 aliphatic rings. The van der Waals surface area contributed by atoms with Gasteiger partial charge in [-0.2, -0.15) is 0 Å². The van der Waals surface area contributed by atoms with Crippen LogP contribution in [0.2, 0.25) is 0 Å². The molecule has 0 aromatic heterocycles. The molecular formula is C25H22NO5PS. The Morgan fingerprint density at radius 3 is 1.52 bits per heavy atom. The van der Waals surface area contributed by atoms with Gasteiger partial charge in [0.15, 0.2) is 0 Å². The van der Waals surface area contributed by atoms with Crippen molar-refractivity contribution in [3.8, 4) is 0 Å². The predicted molar refractivity (Wildman–Crippen MR) is 132 cm³/mol. The number of nitrogens with zero attached hydrogens (tertiary/aromatic N) is 1. The summed E-state index contributed by atoms with van der Waals surface area (Å²) in [6.07, 6.45) is 0. The van der Waals surface area contributed by atoms with Crippen LogP contribution in [0.5, 0.6) is 0 Å². The quantitative estimate of drug-likeness (QED) is 0.223. The molecule has 0 aliphatic carbocycles. The van der Waals surface area contributed by atoms with E-state index in [1.54, 1.807) is 0 Å². The molecule has 0 radical (unpaired) electrons. The van der Waals surface area contributed by atoms with Crippen LogP contribution >= 0.6 is 6.83 Å². The second-order valence-corrected chi connectivity index (χ2v) is 14.2. The van der Waals surface area contributed by atoms with Crippen molar-refractivity contribution >= 4 is 38.5 Å². The molecular weight excluding hydrogens is 457 g/mol. The number of nitro groups is 1. The topological polar surface area (TPSA) is 86.5 Å². The molecule has 0 saturated carbocycles. The fourth-order valence-electron chi connectivity index (χ4n) is 3.98. The molecule has 33 heavy (non-hydrogen) atoms. The van der Waals surface area contributed by atoms with E-state index in [0.29, 0.717) is 0 Å². The minimum atomic E-state index is -4.42. The van der Waals surface area contributed by atoms with Crippen molar-refractivity contribution in [3.05, 3.63) is 125 Å². The second-order valence-electron chi connectivity index (χ2n) is 7.75. The van der Waals surface area contributed by atoms with Crippen molar-refractivity contribution in [2.45, 2.75) is 4.90 Å². The summed E-state index contributed by atoms with van der Waals surface area (Å²) in [5, 5.41) is 13.4. The fraction of sp³-hybridized carbons (Fsp3) is 0.0400. The van der Waals surface area contributed by atoms with Gasteiger partial charge in [0.25, 0.3) is 0 Å². The third-order valence-corrected chi connectivity index (χ3v) is 13.5. The first-order chi connectivity index (χ1) is 15.8. The van der Waals surface area contributed by atoms with Crippen LogP contribution in [0.4, 0.5) is 5.69 Å². The van der Waals surface area contributed by atoms with Crippen LogP contribution in [0, 0.1) is 10.1 Å². The zero-order valence-corrected chi connectivity index (χ0v) is 19.5. The fourth-order valence-corrected chi connectivity index (χ4v) is 11.4. The normalized spacial score (nSPS) is 13.1. The summed E-state index contributed by atoms with van der Waals surface area (Å²) in [4.78, 5) is 10.4. The van der Waals surface area contributed by atoms with E-state index in [1.807, 2.05) is 97.7 Å². The van der Waals surface area contributed by atoms with E-state index in [0.717, 1.165) is 22.0 Å². The van der Waals surface area contributed by atoms with Gasteiger partial charge >= 0.3 is 193 Å². The number of rotatable bonds is 7. The van der Waals surface area contributed by atoms with Crippen molar-refractivity contribution in [1.29, 1.82) is 0 Å². The van der Waals surface area contributed by atoms with E-state index in [-0.39, 0.29) is 10.6 Å². The number of nitro benzene ring substituents is 1. The Morgan fingerprint density at radius 2 is 1.12 bits per heavy atom. The van der Waals surface area contributed by atoms with Gasteiger partial charge in [0, 0.05) is 0 Å². The maximum atomic E-state index is 13.7. The summed E-state index contributed by atoms with van der Waals surface area (Å²) in [5.74, 6) is 0. The van der Waals surface area contributed by atoms with Crippen LogP contribution in [0.1, 0.15) is 0 Å². The third kappa shape index (κ3) is 3.95. The molecule has 6 nitrogen and oxygen atoms in total. The number of hydrogen-bond donors (Lipinski definition) is 0. The van der Waals surface area contributed by atoms with E-state index >= 15 is 0 Å². The van der Waals surface area contributed by atoms with E-state index < -0.39 is 21.9 Å². The minimum absolute atomic E-state index is 0.268. The average molecular weight is 479 g/mol. The van der Waals surface area contributed by atoms with Crippen molar-refractivity contribution in [2.75, 3.05) is 6.66 Å². The average Bonchev–Trinajstić information content (AvgIpc) is 2.85. The van der Waals surface area contributed by atoms with Gasteiger partial charge in [-0.1, -0.05) is 0 Å². The molecule has 0 saturated heterocycles. The molecule has 0 fully saturated rings. The summed E-state index contributed by atoms with van der Waals surface area (Å²) in [7, 11) is -4.42. The summed E-state index contributed by atoms with van der Waals surface area (Å²) >= 11 is 0. The van der Waals surface area contributed by atoms with Crippen LogP contribution in [0.25, 0.3) is 0 Å². The van der Waals surface area contributed by atoms with Crippen LogP contribution in [0.3, 0.4) is 0 Å². The molecule has 4 aromatic carbocycles. The number of non-ortho nitro benzene ring substituents is 1. The van der Waals surface area contributed by atoms with Crippen molar-refractivity contribution in [2.24, 2.45) is 0 Å². The van der Waals surface area contributed by atoms with Gasteiger partial charge in [-0.15, -0.1) is 0 Å². The Kier molecular flexibility index (Phi) is 5.89. The molecule has 0 N–H and O–H groups in total. The Bertz CT molecular complexity index is 1300. The van der Waals surface area contributed by atoms with Gasteiger partial charge < -0.3 is 0 Å². The van der Waals surface area contributed by atoms with Crippen molar-refractivity contribution in [3.63, 3.8) is 0 Å². The van der Waals surface area contributed by atoms with Gasteiger partial charge in [-0.25, -0.2) is 0 Å². The summed E-state index contributed by atoms with van der Waals surface area (Å²) in [6, 6.07) is 32.7. The summed E-state index contributed by atoms with van der Waals surface area (Å²) in [5.41, 5.74) is -0.324. The predicted octanol–water partition coefficient (Wildman–Crippen LogP) is 4.37. The molecule has 0 bridgehead atoms. The van der Waals surface area contributed by atoms with E-state index in [4.69, 9.17) is 3.97 Å². The number of benzene rings is 4. The first-order valence-electron chi connectivity index (χ1n) is 10.1. The van der Waals surface area contributed by atoms with E-state index in [9.17, 15) is 18.5 Å². The van der Waals surface area contributed by atoms with Gasteiger partial charge in [0.1, 0.15) is 0 Å². The molecule has 0 atom stereocenters. The third-order valence-electron chi connectivity index (χ3n) is 5.74. The van der Waals surface area contributed by atoms with Crippen LogP contribution in [-0.4, -0.2) is 20.0 Å². The first-order valence-corrected chi connectivity index (χ1v) is 14.2. The molecule has 8 heteroatoms. The summed E-state index contributed by atoms with van der Waals surface area (Å²) in [6.45, 7) is -2.22. The van der Waals surface area contributed by atoms with Crippen molar-refractivity contribution in [1.82, 2.24) is 0 Å². The second kappa shape index (κ2) is 8.52. The van der Waals surface area contributed by atoms with Crippen LogP contribution in [-0.2, 0) is 14.1 Å². The van der Waals surface area contributed by atoms with Gasteiger partial charge in [0.2, 0.25) is 0 Å². The zero-order valence-electron chi connectivity index (χ0n) is 17.8. The monoisotopic (exact) mass is 479 g/mol. The standard InChI is InChI=1S/C25H22NO5PS/c1-32(22-13-5-2-6-14-22,23-15-7-3-8-16-23,24-17-9-4-10-18-24)31-33(29,30)25-19-11-12-21(20-25)26(27)28/h2-20H,1H3. The van der Waals surface area contributed by atoms with Crippen molar-refractivity contribution < 1.29 is 17.3 Å². The first kappa shape index (κ1) is 22.8. The summed E-state index contributed by atoms with van der Waals surface area (Å²) < 4.78 is 33.8. The molecule has 4 aromatic rings. The van der Waals surface area contributed by atoms with Gasteiger partial charge in [-0.3, -0.25) is 0 Å². The Morgan fingerprint density at radius 1 is 0.697 bits per heavy atom. The van der Waals surface area contributed by atoms with Crippen LogP contribution in [0.15, 0.2) is 120 Å². The van der Waals surface area contributed by atoms with Gasteiger partial charge in [-0.05, 0) is 0 Å². The van der Waals surface area contributed by atoms with E-state index in [2.05, 4.69) is 0 Å². The molecule has 0 unspecified atom stereocenters. The Balaban J connectivity index is 2.06. The Hall–Kier alpha value is -3.38. The molecule has 0 amide bonds. The number of hydrogen-bond acceptors (Lipinski definition) is 5. The van der Waals surface area contributed by atoms with Gasteiger partial charge in [0.05, 0.1) is 0 Å².